The first-order valence-corrected chi connectivity index (χ1v) is 13.0. The maximum Gasteiger partial charge on any atom is 0.534 e. The highest BCUT2D eigenvalue weighted by atomic mass is 35.5. The lowest BCUT2D eigenvalue weighted by molar-refractivity contribution is -0.385. The number of rotatable bonds is 8. The summed E-state index contributed by atoms with van der Waals surface area (Å²) in [7, 11) is -6.13. The van der Waals surface area contributed by atoms with Crippen LogP contribution in [-0.2, 0) is 10.1 Å². The van der Waals surface area contributed by atoms with E-state index in [-0.39, 0.29) is 37.3 Å². The maximum absolute atomic E-state index is 13.1. The van der Waals surface area contributed by atoms with Gasteiger partial charge >= 0.3 is 21.6 Å². The van der Waals surface area contributed by atoms with Crippen molar-refractivity contribution in [2.45, 2.75) is 12.4 Å². The summed E-state index contributed by atoms with van der Waals surface area (Å²) >= 11 is 12.6. The Hall–Kier alpha value is -3.73. The van der Waals surface area contributed by atoms with Crippen LogP contribution in [0.2, 0.25) is 10.0 Å². The van der Waals surface area contributed by atoms with Gasteiger partial charge in [-0.2, -0.15) is 26.7 Å². The number of hydrogen-bond acceptors (Lipinski definition) is 9. The van der Waals surface area contributed by atoms with Crippen molar-refractivity contribution in [3.63, 3.8) is 0 Å². The molecule has 206 valence electrons. The highest BCUT2D eigenvalue weighted by molar-refractivity contribution is 7.88. The van der Waals surface area contributed by atoms with Crippen LogP contribution in [0.4, 0.5) is 18.9 Å². The third kappa shape index (κ3) is 6.47. The molecule has 0 aliphatic heterocycles. The lowest BCUT2D eigenvalue weighted by Gasteiger charge is -2.12. The Morgan fingerprint density at radius 2 is 1.79 bits per heavy atom. The van der Waals surface area contributed by atoms with Crippen LogP contribution in [0.25, 0.3) is 10.4 Å². The van der Waals surface area contributed by atoms with E-state index >= 15 is 0 Å². The zero-order chi connectivity index (χ0) is 29.3. The monoisotopic (exact) mass is 625 g/mol. The van der Waals surface area contributed by atoms with Gasteiger partial charge in [-0.15, -0.1) is 11.3 Å². The summed E-state index contributed by atoms with van der Waals surface area (Å²) in [6.07, 6.45) is 0. The van der Waals surface area contributed by atoms with E-state index in [1.54, 1.807) is 0 Å². The van der Waals surface area contributed by atoms with Crippen molar-refractivity contribution in [1.82, 2.24) is 5.43 Å². The van der Waals surface area contributed by atoms with Crippen molar-refractivity contribution in [1.29, 1.82) is 0 Å². The molecule has 0 atom stereocenters. The Morgan fingerprint density at radius 1 is 1.13 bits per heavy atom. The number of benzene rings is 2. The first kappa shape index (κ1) is 29.8. The van der Waals surface area contributed by atoms with Gasteiger partial charge in [-0.3, -0.25) is 14.9 Å². The first-order valence-electron chi connectivity index (χ1n) is 9.98. The smallest absolute Gasteiger partial charge is 0.477 e. The zero-order valence-electron chi connectivity index (χ0n) is 18.9. The SMILES string of the molecule is CC(=NNC(=O)c1ccc(C(=O)O)c([N+](=O)[O-])c1)c1csc(-c2ccc(Cl)c(Cl)c2)c1OS(=O)(=O)C(F)(F)F. The summed E-state index contributed by atoms with van der Waals surface area (Å²) in [6.45, 7) is 1.21. The standard InChI is InChI=1S/C21H12Cl2F3N3O8S2/c1-9(27-28-19(30)11-2-4-12(20(31)32)16(7-11)29(33)34)13-8-38-18(10-3-5-14(22)15(23)6-10)17(13)37-39(35,36)21(24,25)26/h2-8H,1H3,(H,28,30)(H,31,32). The number of nitrogens with zero attached hydrogens (tertiary/aromatic N) is 2. The number of hydrazone groups is 1. The van der Waals surface area contributed by atoms with E-state index in [9.17, 15) is 41.3 Å². The van der Waals surface area contributed by atoms with Gasteiger partial charge in [0.25, 0.3) is 11.6 Å². The number of nitro groups is 1. The number of nitro benzene ring substituents is 1. The van der Waals surface area contributed by atoms with E-state index in [4.69, 9.17) is 28.3 Å². The molecule has 0 spiro atoms. The van der Waals surface area contributed by atoms with Gasteiger partial charge in [0.2, 0.25) is 0 Å². The van der Waals surface area contributed by atoms with Crippen molar-refractivity contribution in [2.24, 2.45) is 5.10 Å². The molecule has 2 N–H and O–H groups in total. The molecule has 0 unspecified atom stereocenters. The zero-order valence-corrected chi connectivity index (χ0v) is 22.1. The normalized spacial score (nSPS) is 12.2. The third-order valence-corrected chi connectivity index (χ3v) is 7.51. The summed E-state index contributed by atoms with van der Waals surface area (Å²) in [4.78, 5) is 33.7. The molecule has 1 heterocycles. The fraction of sp³-hybridized carbons (Fsp3) is 0.0952. The van der Waals surface area contributed by atoms with Crippen molar-refractivity contribution in [2.75, 3.05) is 0 Å². The lowest BCUT2D eigenvalue weighted by atomic mass is 10.1. The van der Waals surface area contributed by atoms with Crippen LogP contribution in [0.15, 0.2) is 46.9 Å². The summed E-state index contributed by atoms with van der Waals surface area (Å²) in [5, 5.41) is 25.3. The van der Waals surface area contributed by atoms with Gasteiger partial charge in [0.1, 0.15) is 5.56 Å². The van der Waals surface area contributed by atoms with Crippen LogP contribution in [-0.4, -0.2) is 41.5 Å². The molecule has 39 heavy (non-hydrogen) atoms. The number of nitrogens with one attached hydrogen (secondary N) is 1. The highest BCUT2D eigenvalue weighted by Gasteiger charge is 2.49. The van der Waals surface area contributed by atoms with Crippen LogP contribution in [0, 0.1) is 10.1 Å². The second-order valence-corrected chi connectivity index (χ2v) is 10.6. The lowest BCUT2D eigenvalue weighted by Crippen LogP contribution is -2.28. The number of amides is 1. The van der Waals surface area contributed by atoms with E-state index in [0.717, 1.165) is 23.5 Å². The van der Waals surface area contributed by atoms with E-state index < -0.39 is 49.4 Å². The predicted octanol–water partition coefficient (Wildman–Crippen LogP) is 5.71. The molecule has 0 fully saturated rings. The fourth-order valence-electron chi connectivity index (χ4n) is 2.94. The minimum atomic E-state index is -6.13. The summed E-state index contributed by atoms with van der Waals surface area (Å²) in [5.74, 6) is -3.40. The van der Waals surface area contributed by atoms with Crippen molar-refractivity contribution >= 4 is 67.9 Å². The van der Waals surface area contributed by atoms with Crippen LogP contribution in [0.1, 0.15) is 33.2 Å². The van der Waals surface area contributed by atoms with Crippen LogP contribution in [0.5, 0.6) is 5.75 Å². The van der Waals surface area contributed by atoms with Gasteiger partial charge in [0.15, 0.2) is 5.75 Å². The molecule has 0 saturated heterocycles. The number of carbonyl (C=O) groups is 2. The molecule has 11 nitrogen and oxygen atoms in total. The number of aromatic carboxylic acids is 1. The molecular formula is C21H12Cl2F3N3O8S2. The summed E-state index contributed by atoms with van der Waals surface area (Å²) in [5.41, 5.74) is -5.95. The van der Waals surface area contributed by atoms with Gasteiger partial charge in [0, 0.05) is 17.0 Å². The quantitative estimate of drug-likeness (QED) is 0.106. The number of thiophene rings is 1. The van der Waals surface area contributed by atoms with E-state index in [1.807, 2.05) is 5.43 Å². The Bertz CT molecular complexity index is 1640. The molecule has 0 aliphatic rings. The number of carboxylic acid groups (broad SMARTS) is 1. The van der Waals surface area contributed by atoms with Crippen LogP contribution in [0.3, 0.4) is 0 Å². The molecule has 2 aromatic carbocycles. The Balaban J connectivity index is 2.02. The topological polar surface area (TPSA) is 165 Å². The number of carboxylic acids is 1. The number of halogens is 5. The largest absolute Gasteiger partial charge is 0.534 e. The van der Waals surface area contributed by atoms with Crippen molar-refractivity contribution in [3.8, 4) is 16.2 Å². The van der Waals surface area contributed by atoms with E-state index in [1.165, 1.54) is 30.5 Å². The average molecular weight is 626 g/mol. The van der Waals surface area contributed by atoms with E-state index in [2.05, 4.69) is 9.28 Å². The van der Waals surface area contributed by atoms with E-state index in [0.29, 0.717) is 6.07 Å². The second kappa shape index (κ2) is 11.2. The minimum Gasteiger partial charge on any atom is -0.477 e. The van der Waals surface area contributed by atoms with Gasteiger partial charge in [0.05, 0.1) is 31.1 Å². The third-order valence-electron chi connectivity index (χ3n) is 4.81. The molecule has 0 radical (unpaired) electrons. The van der Waals surface area contributed by atoms with Crippen LogP contribution < -0.4 is 9.61 Å². The fourth-order valence-corrected chi connectivity index (χ4v) is 4.81. The van der Waals surface area contributed by atoms with Crippen molar-refractivity contribution < 1.29 is 45.4 Å². The van der Waals surface area contributed by atoms with Gasteiger partial charge in [-0.1, -0.05) is 29.3 Å². The molecule has 0 bridgehead atoms. The molecule has 18 heteroatoms. The highest BCUT2D eigenvalue weighted by Crippen LogP contribution is 2.43. The number of alkyl halides is 3. The van der Waals surface area contributed by atoms with Crippen molar-refractivity contribution in [3.05, 3.63) is 78.6 Å². The summed E-state index contributed by atoms with van der Waals surface area (Å²) < 4.78 is 67.4. The molecule has 3 rings (SSSR count). The van der Waals surface area contributed by atoms with Crippen LogP contribution >= 0.6 is 34.5 Å². The Labute approximate surface area is 230 Å². The number of carbonyl (C=O) groups excluding carboxylic acids is 1. The summed E-state index contributed by atoms with van der Waals surface area (Å²) in [6, 6.07) is 6.47. The Morgan fingerprint density at radius 3 is 2.36 bits per heavy atom. The molecule has 3 aromatic rings. The van der Waals surface area contributed by atoms with Gasteiger partial charge in [-0.05, 0) is 36.8 Å². The van der Waals surface area contributed by atoms with Gasteiger partial charge in [-0.25, -0.2) is 10.2 Å². The predicted molar refractivity (Wildman–Crippen MR) is 135 cm³/mol. The van der Waals surface area contributed by atoms with Gasteiger partial charge < -0.3 is 9.29 Å². The molecule has 1 amide bonds. The molecular weight excluding hydrogens is 614 g/mol. The minimum absolute atomic E-state index is 0.0226. The second-order valence-electron chi connectivity index (χ2n) is 7.35. The average Bonchev–Trinajstić information content (AvgIpc) is 3.25. The molecule has 0 aliphatic carbocycles. The molecule has 1 aromatic heterocycles. The molecule has 0 saturated carbocycles. The maximum atomic E-state index is 13.1. The Kier molecular flexibility index (Phi) is 8.54. The first-order chi connectivity index (χ1) is 18.0. The number of hydrogen-bond donors (Lipinski definition) is 2.